The Morgan fingerprint density at radius 3 is 1.06 bits per heavy atom. The molecule has 2 rings (SSSR count). The summed E-state index contributed by atoms with van der Waals surface area (Å²) < 4.78 is 117. The van der Waals surface area contributed by atoms with E-state index in [1.165, 1.54) is 0 Å². The smallest absolute Gasteiger partial charge is 0.278 e. The molecule has 17 nitrogen and oxygen atoms in total. The van der Waals surface area contributed by atoms with Crippen LogP contribution in [0.5, 0.6) is 0 Å². The van der Waals surface area contributed by atoms with Crippen LogP contribution in [0.15, 0.2) is 5.16 Å². The van der Waals surface area contributed by atoms with Gasteiger partial charge in [-0.2, -0.15) is 0 Å². The van der Waals surface area contributed by atoms with Crippen LogP contribution in [0.4, 0.5) is 0 Å². The van der Waals surface area contributed by atoms with Gasteiger partial charge in [-0.25, -0.2) is 0 Å². The molecule has 0 spiro atoms. The van der Waals surface area contributed by atoms with Gasteiger partial charge in [-0.3, -0.25) is 0 Å². The van der Waals surface area contributed by atoms with Gasteiger partial charge in [0, 0.05) is 0 Å². The van der Waals surface area contributed by atoms with Crippen molar-refractivity contribution in [3.8, 4) is 0 Å². The molecule has 494 valence electrons. The summed E-state index contributed by atoms with van der Waals surface area (Å²) in [4.78, 5) is 0. The summed E-state index contributed by atoms with van der Waals surface area (Å²) >= 11 is 0. The van der Waals surface area contributed by atoms with E-state index in [1.807, 2.05) is 0 Å². The lowest BCUT2D eigenvalue weighted by atomic mass is 9.96. The molecule has 0 bridgehead atoms. The number of nitrogens with zero attached hydrogens (tertiary/aromatic N) is 1. The van der Waals surface area contributed by atoms with Crippen LogP contribution in [0.25, 0.3) is 0 Å². The number of ether oxygens (including phenoxy) is 4. The highest BCUT2D eigenvalue weighted by atomic mass is 28.4. The molecule has 0 saturated carbocycles. The summed E-state index contributed by atoms with van der Waals surface area (Å²) in [6, 6.07) is 0. The zero-order valence-electron chi connectivity index (χ0n) is 59.8. The SMILES string of the molecule is C[Si](C)(C)OC[C@@H]1O[C@H](O[C@@H]([C@@H](O[Si](C)(C)C)[C@@H](/C=N/O[Si](C)(C)C)O[Si](C)(C)C)[C@H](CO[Si](C)(C)C)O[Si](C)(C)C)[C@@H](O[Si](C)(C)C)[C@H](O[Si](C)(C)C)[C@H]1O[C@H]1O[C@@H](CO[Si](C)(C)C)[C@H](O[Si](C)(C)C)[C@@H](O[Si](C)(C)C)[C@@H]1O[Si](C)(C)C. The van der Waals surface area contributed by atoms with E-state index in [1.54, 1.807) is 6.21 Å². The van der Waals surface area contributed by atoms with Crippen LogP contribution in [0.2, 0.25) is 236 Å². The molecular weight excluding hydrogens is 1260 g/mol. The number of oxime groups is 1. The highest BCUT2D eigenvalue weighted by molar-refractivity contribution is 6.73. The van der Waals surface area contributed by atoms with Gasteiger partial charge in [-0.15, -0.1) is 5.16 Å². The first-order valence-corrected chi connectivity index (χ1v) is 71.7. The van der Waals surface area contributed by atoms with E-state index in [0.717, 1.165) is 0 Å². The van der Waals surface area contributed by atoms with E-state index >= 15 is 0 Å². The minimum absolute atomic E-state index is 0.172. The largest absolute Gasteiger partial charge is 0.456 e. The van der Waals surface area contributed by atoms with Crippen LogP contribution in [-0.2, 0) is 72.2 Å². The molecule has 2 heterocycles. The van der Waals surface area contributed by atoms with Crippen LogP contribution in [0.3, 0.4) is 0 Å². The van der Waals surface area contributed by atoms with Gasteiger partial charge in [0.2, 0.25) is 0 Å². The molecule has 0 aromatic rings. The van der Waals surface area contributed by atoms with Crippen molar-refractivity contribution in [2.24, 2.45) is 5.16 Å². The molecule has 0 amide bonds. The minimum Gasteiger partial charge on any atom is -0.456 e. The van der Waals surface area contributed by atoms with Crippen LogP contribution < -0.4 is 0 Å². The summed E-state index contributed by atoms with van der Waals surface area (Å²) in [7, 11) is -27.8. The van der Waals surface area contributed by atoms with Crippen molar-refractivity contribution in [2.45, 2.75) is 322 Å². The summed E-state index contributed by atoms with van der Waals surface area (Å²) in [6.07, 6.45) is -8.77. The van der Waals surface area contributed by atoms with Crippen LogP contribution in [0, 0.1) is 0 Å². The molecule has 2 aliphatic rings. The second-order valence-electron chi connectivity index (χ2n) is 34.6. The molecule has 0 aliphatic carbocycles. The van der Waals surface area contributed by atoms with E-state index in [4.69, 9.17) is 77.3 Å². The van der Waals surface area contributed by atoms with E-state index in [-0.39, 0.29) is 13.2 Å². The van der Waals surface area contributed by atoms with Crippen molar-refractivity contribution in [3.05, 3.63) is 0 Å². The fourth-order valence-electron chi connectivity index (χ4n) is 9.01. The minimum atomic E-state index is -2.54. The molecule has 0 aromatic carbocycles. The number of hydrogen-bond acceptors (Lipinski definition) is 17. The van der Waals surface area contributed by atoms with Gasteiger partial charge < -0.3 is 72.2 Å². The third-order valence-corrected chi connectivity index (χ3v) is 22.9. The Bertz CT molecular complexity index is 1960. The third-order valence-electron chi connectivity index (χ3n) is 11.3. The number of rotatable bonds is 35. The molecule has 83 heavy (non-hydrogen) atoms. The fraction of sp³-hybridized carbons (Fsp3) is 0.981. The normalized spacial score (nSPS) is 27.2. The van der Waals surface area contributed by atoms with Crippen molar-refractivity contribution in [1.82, 2.24) is 0 Å². The Kier molecular flexibility index (Phi) is 29.6. The van der Waals surface area contributed by atoms with Crippen molar-refractivity contribution >= 4 is 106 Å². The predicted molar refractivity (Wildman–Crippen MR) is 374 cm³/mol. The maximum atomic E-state index is 7.91. The third kappa shape index (κ3) is 34.6. The highest BCUT2D eigenvalue weighted by Crippen LogP contribution is 2.41. The lowest BCUT2D eigenvalue weighted by molar-refractivity contribution is -0.359. The monoisotopic (exact) mass is 1380 g/mol. The van der Waals surface area contributed by atoms with Gasteiger partial charge in [0.05, 0.1) is 32.1 Å². The molecular formula is C54H129NO16Si12. The van der Waals surface area contributed by atoms with Gasteiger partial charge in [0.15, 0.2) is 104 Å². The molecule has 29 heteroatoms. The molecule has 2 fully saturated rings. The Hall–Kier alpha value is 1.47. The standard InChI is InChI=1S/C54H129NO16Si12/c1-72(2,3)56-38-42-45(61-54-52(70-82(31,32)33)50(68-80(25,26)27)48(66-78(19,20)21)43(60-54)39-57-73(4,5)6)49(67-79(22,23)24)51(69-81(28,29)30)53(59-42)62-46(44(64-76(13,14)15)40-58-74(7,8)9)47(65-77(16,17)18)41(63-75(10,11)12)37-55-71-83(34,35)36/h37,41-54H,38-40H2,1-36H3/b55-37+/t41-,42+,43+,44+,45+,46-,47+,48+,49-,50-,51+,52+,53-,54-/m1/s1. The molecule has 0 unspecified atom stereocenters. The van der Waals surface area contributed by atoms with E-state index < -0.39 is 186 Å². The van der Waals surface area contributed by atoms with Gasteiger partial charge in [-0.05, 0) is 236 Å². The first-order valence-electron chi connectivity index (χ1n) is 30.8. The average Bonchev–Trinajstić information content (AvgIpc) is 3.18. The first kappa shape index (κ1) is 80.6. The lowest BCUT2D eigenvalue weighted by Gasteiger charge is -2.54. The second kappa shape index (κ2) is 30.5. The van der Waals surface area contributed by atoms with Gasteiger partial charge >= 0.3 is 0 Å². The summed E-state index contributed by atoms with van der Waals surface area (Å²) in [6.45, 7) is 79.6. The Labute approximate surface area is 521 Å². The lowest BCUT2D eigenvalue weighted by Crippen LogP contribution is -2.70. The average molecular weight is 1390 g/mol. The molecule has 2 saturated heterocycles. The maximum absolute atomic E-state index is 7.91. The Morgan fingerprint density at radius 2 is 0.687 bits per heavy atom. The van der Waals surface area contributed by atoms with Crippen LogP contribution in [0.1, 0.15) is 0 Å². The van der Waals surface area contributed by atoms with E-state index in [9.17, 15) is 0 Å². The Balaban J connectivity index is 3.36. The van der Waals surface area contributed by atoms with E-state index in [2.05, 4.69) is 236 Å². The van der Waals surface area contributed by atoms with Crippen molar-refractivity contribution in [1.29, 1.82) is 0 Å². The maximum Gasteiger partial charge on any atom is 0.278 e. The topological polar surface area (TPSA) is 160 Å². The molecule has 14 atom stereocenters. The second-order valence-corrected chi connectivity index (χ2v) is 88.3. The zero-order chi connectivity index (χ0) is 64.9. The molecule has 0 aromatic heterocycles. The summed E-state index contributed by atoms with van der Waals surface area (Å²) in [5.74, 6) is 0. The van der Waals surface area contributed by atoms with Gasteiger partial charge in [0.1, 0.15) is 67.1 Å². The van der Waals surface area contributed by atoms with Gasteiger partial charge in [0.25, 0.3) is 8.32 Å². The van der Waals surface area contributed by atoms with Crippen LogP contribution in [-0.4, -0.2) is 212 Å². The summed E-state index contributed by atoms with van der Waals surface area (Å²) in [5.41, 5.74) is 0. The summed E-state index contributed by atoms with van der Waals surface area (Å²) in [5, 5.41) is 4.69. The molecule has 0 radical (unpaired) electrons. The van der Waals surface area contributed by atoms with E-state index in [0.29, 0.717) is 6.61 Å². The van der Waals surface area contributed by atoms with Gasteiger partial charge in [-0.1, -0.05) is 0 Å². The quantitative estimate of drug-likeness (QED) is 0.0335. The van der Waals surface area contributed by atoms with Crippen molar-refractivity contribution in [2.75, 3.05) is 19.8 Å². The van der Waals surface area contributed by atoms with Crippen LogP contribution >= 0.6 is 0 Å². The predicted octanol–water partition coefficient (Wildman–Crippen LogP) is 14.4. The van der Waals surface area contributed by atoms with Crippen molar-refractivity contribution in [3.63, 3.8) is 0 Å². The molecule has 0 N–H and O–H groups in total. The zero-order valence-corrected chi connectivity index (χ0v) is 71.8. The Morgan fingerprint density at radius 1 is 0.337 bits per heavy atom. The first-order chi connectivity index (χ1) is 36.6. The van der Waals surface area contributed by atoms with Crippen molar-refractivity contribution < 1.29 is 72.2 Å². The molecule has 2 aliphatic heterocycles. The highest BCUT2D eigenvalue weighted by Gasteiger charge is 2.58. The fourth-order valence-corrected chi connectivity index (χ4v) is 20.0. The number of hydrogen-bond donors (Lipinski definition) is 0.